The molecule has 0 bridgehead atoms. The van der Waals surface area contributed by atoms with Gasteiger partial charge in [-0.2, -0.15) is 5.10 Å². The van der Waals surface area contributed by atoms with Crippen molar-refractivity contribution in [3.05, 3.63) is 16.4 Å². The summed E-state index contributed by atoms with van der Waals surface area (Å²) in [5.74, 6) is 0.187. The summed E-state index contributed by atoms with van der Waals surface area (Å²) in [5.41, 5.74) is 0.714. The molecule has 0 N–H and O–H groups in total. The third-order valence-corrected chi connectivity index (χ3v) is 3.09. The Kier molecular flexibility index (Phi) is 5.19. The number of rotatable bonds is 6. The number of halogens is 1. The maximum Gasteiger partial charge on any atom is 0.182 e. The van der Waals surface area contributed by atoms with Gasteiger partial charge in [-0.25, -0.2) is 0 Å². The zero-order valence-electron chi connectivity index (χ0n) is 10.2. The van der Waals surface area contributed by atoms with Gasteiger partial charge in [-0.05, 0) is 36.2 Å². The summed E-state index contributed by atoms with van der Waals surface area (Å²) >= 11 is 3.39. The molecule has 0 saturated carbocycles. The Hall–Kier alpha value is -0.640. The molecule has 0 radical (unpaired) electrons. The van der Waals surface area contributed by atoms with Gasteiger partial charge in [0.15, 0.2) is 5.78 Å². The smallest absolute Gasteiger partial charge is 0.182 e. The second kappa shape index (κ2) is 6.18. The fourth-order valence-electron chi connectivity index (χ4n) is 1.65. The van der Waals surface area contributed by atoms with Gasteiger partial charge >= 0.3 is 0 Å². The molecule has 0 fully saturated rings. The predicted octanol–water partition coefficient (Wildman–Crippen LogP) is 3.99. The zero-order chi connectivity index (χ0) is 12.1. The molecule has 0 unspecified atom stereocenters. The Morgan fingerprint density at radius 3 is 2.75 bits per heavy atom. The lowest BCUT2D eigenvalue weighted by Crippen LogP contribution is -2.13. The van der Waals surface area contributed by atoms with Crippen LogP contribution in [0.4, 0.5) is 0 Å². The third-order valence-electron chi connectivity index (χ3n) is 2.51. The lowest BCUT2D eigenvalue weighted by Gasteiger charge is -2.10. The number of aromatic nitrogens is 2. The van der Waals surface area contributed by atoms with E-state index in [1.165, 1.54) is 0 Å². The minimum absolute atomic E-state index is 0.187. The summed E-state index contributed by atoms with van der Waals surface area (Å²) in [6, 6.07) is 0.219. The molecular formula is C12H19BrN2O. The molecule has 1 aromatic rings. The molecule has 1 heterocycles. The molecule has 0 amide bonds. The molecule has 0 aliphatic carbocycles. The van der Waals surface area contributed by atoms with Crippen molar-refractivity contribution in [3.8, 4) is 0 Å². The third kappa shape index (κ3) is 3.17. The summed E-state index contributed by atoms with van der Waals surface area (Å²) in [6.45, 7) is 6.20. The second-order valence-corrected chi connectivity index (χ2v) is 5.11. The Morgan fingerprint density at radius 2 is 2.19 bits per heavy atom. The van der Waals surface area contributed by atoms with Crippen molar-refractivity contribution < 1.29 is 4.79 Å². The van der Waals surface area contributed by atoms with Gasteiger partial charge < -0.3 is 0 Å². The highest BCUT2D eigenvalue weighted by atomic mass is 79.9. The summed E-state index contributed by atoms with van der Waals surface area (Å²) in [6.07, 6.45) is 5.53. The highest BCUT2D eigenvalue weighted by molar-refractivity contribution is 9.10. The Morgan fingerprint density at radius 1 is 1.50 bits per heavy atom. The molecule has 16 heavy (non-hydrogen) atoms. The highest BCUT2D eigenvalue weighted by Gasteiger charge is 2.17. The fourth-order valence-corrected chi connectivity index (χ4v) is 2.14. The highest BCUT2D eigenvalue weighted by Crippen LogP contribution is 2.21. The molecule has 0 aromatic carbocycles. The zero-order valence-corrected chi connectivity index (χ0v) is 11.7. The first-order valence-electron chi connectivity index (χ1n) is 5.84. The molecule has 3 nitrogen and oxygen atoms in total. The van der Waals surface area contributed by atoms with Crippen LogP contribution in [-0.4, -0.2) is 15.6 Å². The van der Waals surface area contributed by atoms with Gasteiger partial charge in [0.25, 0.3) is 0 Å². The van der Waals surface area contributed by atoms with Crippen molar-refractivity contribution in [2.24, 2.45) is 0 Å². The van der Waals surface area contributed by atoms with Crippen molar-refractivity contribution in [2.75, 3.05) is 0 Å². The molecule has 0 atom stereocenters. The number of unbranched alkanes of at least 4 members (excludes halogenated alkanes) is 2. The van der Waals surface area contributed by atoms with Gasteiger partial charge in [0.05, 0.1) is 10.7 Å². The summed E-state index contributed by atoms with van der Waals surface area (Å²) in [5, 5.41) is 4.21. The van der Waals surface area contributed by atoms with Crippen LogP contribution in [0.3, 0.4) is 0 Å². The first kappa shape index (κ1) is 13.4. The minimum atomic E-state index is 0.187. The minimum Gasteiger partial charge on any atom is -0.292 e. The van der Waals surface area contributed by atoms with Crippen LogP contribution < -0.4 is 0 Å². The van der Waals surface area contributed by atoms with Crippen molar-refractivity contribution >= 4 is 21.7 Å². The summed E-state index contributed by atoms with van der Waals surface area (Å²) in [4.78, 5) is 12.0. The van der Waals surface area contributed by atoms with E-state index in [9.17, 15) is 4.79 Å². The van der Waals surface area contributed by atoms with Crippen molar-refractivity contribution in [1.82, 2.24) is 9.78 Å². The summed E-state index contributed by atoms with van der Waals surface area (Å²) < 4.78 is 2.60. The van der Waals surface area contributed by atoms with E-state index in [4.69, 9.17) is 0 Å². The Labute approximate surface area is 105 Å². The van der Waals surface area contributed by atoms with E-state index in [1.807, 2.05) is 13.8 Å². The van der Waals surface area contributed by atoms with E-state index in [2.05, 4.69) is 28.0 Å². The number of ketones is 1. The molecule has 0 aliphatic rings. The van der Waals surface area contributed by atoms with Crippen LogP contribution >= 0.6 is 15.9 Å². The normalized spacial score (nSPS) is 11.1. The fraction of sp³-hybridized carbons (Fsp3) is 0.667. The van der Waals surface area contributed by atoms with Gasteiger partial charge in [-0.15, -0.1) is 0 Å². The van der Waals surface area contributed by atoms with Gasteiger partial charge in [-0.3, -0.25) is 9.48 Å². The van der Waals surface area contributed by atoms with Crippen LogP contribution in [0.2, 0.25) is 0 Å². The van der Waals surface area contributed by atoms with Crippen LogP contribution in [0, 0.1) is 0 Å². The van der Waals surface area contributed by atoms with Crippen molar-refractivity contribution in [3.63, 3.8) is 0 Å². The average molecular weight is 287 g/mol. The molecule has 90 valence electrons. The van der Waals surface area contributed by atoms with Gasteiger partial charge in [0.2, 0.25) is 0 Å². The number of nitrogens with zero attached hydrogens (tertiary/aromatic N) is 2. The molecule has 1 rings (SSSR count). The lowest BCUT2D eigenvalue weighted by atomic mass is 10.1. The van der Waals surface area contributed by atoms with Crippen molar-refractivity contribution in [2.45, 2.75) is 52.5 Å². The molecule has 0 aliphatic heterocycles. The Balaban J connectivity index is 2.77. The number of hydrogen-bond donors (Lipinski definition) is 0. The van der Waals surface area contributed by atoms with E-state index in [0.717, 1.165) is 23.7 Å². The van der Waals surface area contributed by atoms with Crippen LogP contribution in [0.5, 0.6) is 0 Å². The number of Topliss-reactive ketones (excluding diaryl/α,β-unsaturated/α-hetero) is 1. The second-order valence-electron chi connectivity index (χ2n) is 4.26. The quantitative estimate of drug-likeness (QED) is 0.585. The largest absolute Gasteiger partial charge is 0.292 e. The SMILES string of the molecule is CCCCCC(=O)c1c(Br)cnn1C(C)C. The first-order valence-corrected chi connectivity index (χ1v) is 6.63. The van der Waals surface area contributed by atoms with Crippen LogP contribution in [0.15, 0.2) is 10.7 Å². The predicted molar refractivity (Wildman–Crippen MR) is 68.8 cm³/mol. The van der Waals surface area contributed by atoms with E-state index < -0.39 is 0 Å². The standard InChI is InChI=1S/C12H19BrN2O/c1-4-5-6-7-11(16)12-10(13)8-14-15(12)9(2)3/h8-9H,4-7H2,1-3H3. The topological polar surface area (TPSA) is 34.9 Å². The molecule has 0 spiro atoms. The number of carbonyl (C=O) groups is 1. The van der Waals surface area contributed by atoms with Gasteiger partial charge in [-0.1, -0.05) is 19.8 Å². The van der Waals surface area contributed by atoms with E-state index in [1.54, 1.807) is 10.9 Å². The number of hydrogen-bond acceptors (Lipinski definition) is 2. The first-order chi connectivity index (χ1) is 7.57. The molecule has 1 aromatic heterocycles. The lowest BCUT2D eigenvalue weighted by molar-refractivity contribution is 0.0966. The average Bonchev–Trinajstić information content (AvgIpc) is 2.60. The van der Waals surface area contributed by atoms with Crippen LogP contribution in [0.1, 0.15) is 63.0 Å². The Bertz CT molecular complexity index is 358. The number of carbonyl (C=O) groups excluding carboxylic acids is 1. The van der Waals surface area contributed by atoms with Crippen LogP contribution in [0.25, 0.3) is 0 Å². The molecule has 4 heteroatoms. The van der Waals surface area contributed by atoms with Gasteiger partial charge in [0, 0.05) is 12.5 Å². The van der Waals surface area contributed by atoms with E-state index >= 15 is 0 Å². The maximum absolute atomic E-state index is 12.0. The van der Waals surface area contributed by atoms with Gasteiger partial charge in [0.1, 0.15) is 5.69 Å². The maximum atomic E-state index is 12.0. The monoisotopic (exact) mass is 286 g/mol. The molecular weight excluding hydrogens is 268 g/mol. The van der Waals surface area contributed by atoms with E-state index in [-0.39, 0.29) is 11.8 Å². The summed E-state index contributed by atoms with van der Waals surface area (Å²) in [7, 11) is 0. The van der Waals surface area contributed by atoms with E-state index in [0.29, 0.717) is 12.1 Å². The van der Waals surface area contributed by atoms with Crippen LogP contribution in [-0.2, 0) is 0 Å². The van der Waals surface area contributed by atoms with Crippen molar-refractivity contribution in [1.29, 1.82) is 0 Å². The molecule has 0 saturated heterocycles.